The summed E-state index contributed by atoms with van der Waals surface area (Å²) in [4.78, 5) is 27.3. The van der Waals surface area contributed by atoms with Crippen molar-refractivity contribution in [2.75, 3.05) is 19.6 Å². The van der Waals surface area contributed by atoms with Crippen molar-refractivity contribution < 1.29 is 9.21 Å². The Bertz CT molecular complexity index is 819. The topological polar surface area (TPSA) is 62.6 Å². The molecule has 4 heterocycles. The van der Waals surface area contributed by atoms with Crippen molar-refractivity contribution in [3.63, 3.8) is 0 Å². The molecule has 1 atom stereocenters. The zero-order valence-corrected chi connectivity index (χ0v) is 13.2. The van der Waals surface area contributed by atoms with Crippen molar-refractivity contribution in [3.05, 3.63) is 45.8 Å². The highest BCUT2D eigenvalue weighted by Crippen LogP contribution is 2.28. The molecule has 1 aromatic heterocycles. The van der Waals surface area contributed by atoms with Gasteiger partial charge in [0.05, 0.1) is 0 Å². The number of rotatable bonds is 2. The van der Waals surface area contributed by atoms with Gasteiger partial charge in [-0.25, -0.2) is 4.79 Å². The summed E-state index contributed by atoms with van der Waals surface area (Å²) in [5.41, 5.74) is 0.796. The van der Waals surface area contributed by atoms with Gasteiger partial charge in [-0.15, -0.1) is 0 Å². The molecule has 3 aliphatic rings. The molecule has 1 aromatic carbocycles. The Labute approximate surface area is 134 Å². The van der Waals surface area contributed by atoms with E-state index in [1.807, 2.05) is 25.1 Å². The van der Waals surface area contributed by atoms with Gasteiger partial charge in [-0.2, -0.15) is 0 Å². The largest absolute Gasteiger partial charge is 0.422 e. The van der Waals surface area contributed by atoms with Crippen LogP contribution in [-0.2, 0) is 0 Å². The number of nitrogens with zero attached hydrogens (tertiary/aromatic N) is 1. The van der Waals surface area contributed by atoms with Gasteiger partial charge < -0.3 is 14.6 Å². The van der Waals surface area contributed by atoms with Gasteiger partial charge >= 0.3 is 5.63 Å². The van der Waals surface area contributed by atoms with E-state index in [1.165, 1.54) is 0 Å². The maximum atomic E-state index is 12.7. The summed E-state index contributed by atoms with van der Waals surface area (Å²) in [6, 6.07) is 7.45. The molecule has 120 valence electrons. The summed E-state index contributed by atoms with van der Waals surface area (Å²) in [5.74, 6) is 0.220. The Hall–Kier alpha value is -2.14. The molecule has 1 N–H and O–H groups in total. The zero-order valence-electron chi connectivity index (χ0n) is 13.2. The van der Waals surface area contributed by atoms with Gasteiger partial charge in [0.15, 0.2) is 0 Å². The minimum atomic E-state index is -0.556. The molecule has 2 aromatic rings. The van der Waals surface area contributed by atoms with Crippen molar-refractivity contribution in [1.82, 2.24) is 10.2 Å². The van der Waals surface area contributed by atoms with E-state index in [0.29, 0.717) is 17.1 Å². The minimum Gasteiger partial charge on any atom is -0.422 e. The number of piperidine rings is 3. The fourth-order valence-corrected chi connectivity index (χ4v) is 3.94. The third-order valence-electron chi connectivity index (χ3n) is 5.27. The molecular formula is C18H20N2O3. The number of carbonyl (C=O) groups is 1. The lowest BCUT2D eigenvalue weighted by molar-refractivity contribution is 0.0618. The number of aryl methyl sites for hydroxylation is 1. The van der Waals surface area contributed by atoms with Gasteiger partial charge in [0, 0.05) is 18.0 Å². The average molecular weight is 312 g/mol. The second kappa shape index (κ2) is 5.49. The molecule has 3 fully saturated rings. The molecule has 0 radical (unpaired) electrons. The second-order valence-corrected chi connectivity index (χ2v) is 6.60. The Balaban J connectivity index is 1.66. The van der Waals surface area contributed by atoms with Crippen LogP contribution in [0.5, 0.6) is 0 Å². The van der Waals surface area contributed by atoms with E-state index in [1.54, 1.807) is 6.07 Å². The van der Waals surface area contributed by atoms with Crippen LogP contribution in [0.25, 0.3) is 11.0 Å². The lowest BCUT2D eigenvalue weighted by atomic mass is 9.84. The number of amides is 1. The predicted octanol–water partition coefficient (Wildman–Crippen LogP) is 1.93. The molecule has 0 aliphatic carbocycles. The van der Waals surface area contributed by atoms with Gasteiger partial charge in [-0.1, -0.05) is 18.2 Å². The molecule has 5 rings (SSSR count). The van der Waals surface area contributed by atoms with Gasteiger partial charge in [0.2, 0.25) is 0 Å². The van der Waals surface area contributed by atoms with Gasteiger partial charge in [-0.05, 0) is 50.4 Å². The van der Waals surface area contributed by atoms with E-state index < -0.39 is 5.63 Å². The molecule has 5 heteroatoms. The van der Waals surface area contributed by atoms with Gasteiger partial charge in [0.25, 0.3) is 5.91 Å². The highest BCUT2D eigenvalue weighted by Gasteiger charge is 2.35. The Morgan fingerprint density at radius 2 is 2.00 bits per heavy atom. The minimum absolute atomic E-state index is 0.135. The van der Waals surface area contributed by atoms with Crippen LogP contribution in [0.1, 0.15) is 28.8 Å². The molecule has 3 saturated heterocycles. The van der Waals surface area contributed by atoms with E-state index in [0.717, 1.165) is 37.9 Å². The monoisotopic (exact) mass is 312 g/mol. The number of carbonyl (C=O) groups excluding carboxylic acids is 1. The normalized spacial score (nSPS) is 26.4. The van der Waals surface area contributed by atoms with Crippen LogP contribution in [0, 0.1) is 12.8 Å². The lowest BCUT2D eigenvalue weighted by Crippen LogP contribution is -2.57. The summed E-state index contributed by atoms with van der Waals surface area (Å²) < 4.78 is 5.32. The first-order valence-corrected chi connectivity index (χ1v) is 8.19. The first-order chi connectivity index (χ1) is 11.1. The number of hydrogen-bond donors (Lipinski definition) is 1. The van der Waals surface area contributed by atoms with Crippen molar-refractivity contribution in [1.29, 1.82) is 0 Å². The zero-order chi connectivity index (χ0) is 16.0. The second-order valence-electron chi connectivity index (χ2n) is 6.60. The first kappa shape index (κ1) is 14.5. The number of fused-ring (bicyclic) bond motifs is 4. The fourth-order valence-electron chi connectivity index (χ4n) is 3.94. The van der Waals surface area contributed by atoms with Crippen molar-refractivity contribution in [2.24, 2.45) is 5.92 Å². The van der Waals surface area contributed by atoms with Crippen LogP contribution < -0.4 is 10.9 Å². The van der Waals surface area contributed by atoms with Crippen LogP contribution in [-0.4, -0.2) is 36.5 Å². The standard InChI is InChI=1S/C18H20N2O3/c1-11-13-4-2-3-5-15(13)23-18(22)16(11)17(21)19-14-10-20-8-6-12(14)7-9-20/h2-5,12,14H,6-10H2,1H3,(H,19,21). The molecule has 1 amide bonds. The summed E-state index contributed by atoms with van der Waals surface area (Å²) >= 11 is 0. The fraction of sp³-hybridized carbons (Fsp3) is 0.444. The molecule has 0 spiro atoms. The molecule has 23 heavy (non-hydrogen) atoms. The van der Waals surface area contributed by atoms with Gasteiger partial charge in [0.1, 0.15) is 11.1 Å². The molecule has 5 nitrogen and oxygen atoms in total. The third-order valence-corrected chi connectivity index (χ3v) is 5.27. The molecule has 1 unspecified atom stereocenters. The van der Waals surface area contributed by atoms with Crippen molar-refractivity contribution in [3.8, 4) is 0 Å². The average Bonchev–Trinajstić information content (AvgIpc) is 2.56. The smallest absolute Gasteiger partial charge is 0.349 e. The Kier molecular flexibility index (Phi) is 3.45. The van der Waals surface area contributed by atoms with Gasteiger partial charge in [-0.3, -0.25) is 4.79 Å². The van der Waals surface area contributed by atoms with Crippen molar-refractivity contribution in [2.45, 2.75) is 25.8 Å². The summed E-state index contributed by atoms with van der Waals surface area (Å²) in [6.45, 7) is 4.93. The Morgan fingerprint density at radius 3 is 2.70 bits per heavy atom. The van der Waals surface area contributed by atoms with Crippen LogP contribution in [0.3, 0.4) is 0 Å². The van der Waals surface area contributed by atoms with E-state index in [4.69, 9.17) is 4.42 Å². The SMILES string of the molecule is Cc1c(C(=O)NC2CN3CCC2CC3)c(=O)oc2ccccc12. The number of para-hydroxylation sites is 1. The maximum Gasteiger partial charge on any atom is 0.349 e. The van der Waals surface area contributed by atoms with Crippen LogP contribution in [0.4, 0.5) is 0 Å². The highest BCUT2D eigenvalue weighted by atomic mass is 16.4. The molecule has 0 saturated carbocycles. The van der Waals surface area contributed by atoms with E-state index >= 15 is 0 Å². The van der Waals surface area contributed by atoms with Crippen molar-refractivity contribution >= 4 is 16.9 Å². The summed E-state index contributed by atoms with van der Waals surface area (Å²) in [6.07, 6.45) is 2.24. The Morgan fingerprint density at radius 1 is 1.26 bits per heavy atom. The number of nitrogens with one attached hydrogen (secondary N) is 1. The van der Waals surface area contributed by atoms with E-state index in [-0.39, 0.29) is 17.5 Å². The van der Waals surface area contributed by atoms with E-state index in [9.17, 15) is 9.59 Å². The maximum absolute atomic E-state index is 12.7. The number of hydrogen-bond acceptors (Lipinski definition) is 4. The van der Waals surface area contributed by atoms with Crippen LogP contribution in [0.15, 0.2) is 33.5 Å². The third kappa shape index (κ3) is 2.45. The van der Waals surface area contributed by atoms with Crippen LogP contribution in [0.2, 0.25) is 0 Å². The molecular weight excluding hydrogens is 292 g/mol. The number of benzene rings is 1. The predicted molar refractivity (Wildman–Crippen MR) is 87.6 cm³/mol. The molecule has 2 bridgehead atoms. The highest BCUT2D eigenvalue weighted by molar-refractivity contribution is 5.99. The first-order valence-electron chi connectivity index (χ1n) is 8.19. The lowest BCUT2D eigenvalue weighted by Gasteiger charge is -2.44. The summed E-state index contributed by atoms with van der Waals surface area (Å²) in [7, 11) is 0. The van der Waals surface area contributed by atoms with Crippen LogP contribution >= 0.6 is 0 Å². The molecule has 3 aliphatic heterocycles. The summed E-state index contributed by atoms with van der Waals surface area (Å²) in [5, 5.41) is 3.88. The quantitative estimate of drug-likeness (QED) is 0.861. The van der Waals surface area contributed by atoms with E-state index in [2.05, 4.69) is 10.2 Å².